The number of amides is 1. The highest BCUT2D eigenvalue weighted by Gasteiger charge is 2.09. The van der Waals surface area contributed by atoms with Crippen LogP contribution in [0.25, 0.3) is 0 Å². The fraction of sp³-hybridized carbons (Fsp3) is 0.176. The first kappa shape index (κ1) is 15.7. The molecule has 5 heteroatoms. The monoisotopic (exact) mass is 301 g/mol. The molecule has 0 unspecified atom stereocenters. The Morgan fingerprint density at radius 1 is 1.00 bits per heavy atom. The topological polar surface area (TPSA) is 55.4 Å². The second-order valence-electron chi connectivity index (χ2n) is 4.67. The van der Waals surface area contributed by atoms with E-state index in [1.165, 1.54) is 24.3 Å². The van der Waals surface area contributed by atoms with Crippen molar-refractivity contribution in [2.24, 2.45) is 0 Å². The summed E-state index contributed by atoms with van der Waals surface area (Å²) in [6, 6.07) is 11.6. The predicted octanol–water partition coefficient (Wildman–Crippen LogP) is 3.64. The van der Waals surface area contributed by atoms with Gasteiger partial charge in [-0.1, -0.05) is 6.92 Å². The number of hydrogen-bond acceptors (Lipinski definition) is 3. The molecule has 0 aliphatic heterocycles. The zero-order valence-electron chi connectivity index (χ0n) is 12.1. The highest BCUT2D eigenvalue weighted by atomic mass is 19.1. The van der Waals surface area contributed by atoms with E-state index < -0.39 is 11.8 Å². The van der Waals surface area contributed by atoms with Crippen molar-refractivity contribution in [3.63, 3.8) is 0 Å². The smallest absolute Gasteiger partial charge is 0.338 e. The lowest BCUT2D eigenvalue weighted by Gasteiger charge is -2.07. The zero-order chi connectivity index (χ0) is 15.9. The molecule has 0 heterocycles. The number of carbonyl (C=O) groups excluding carboxylic acids is 2. The van der Waals surface area contributed by atoms with Gasteiger partial charge >= 0.3 is 5.97 Å². The molecular formula is C17H16FNO3. The maximum atomic E-state index is 12.8. The van der Waals surface area contributed by atoms with Crippen LogP contribution in [0, 0.1) is 5.82 Å². The van der Waals surface area contributed by atoms with Crippen LogP contribution in [0.3, 0.4) is 0 Å². The molecule has 22 heavy (non-hydrogen) atoms. The molecule has 1 amide bonds. The van der Waals surface area contributed by atoms with Crippen LogP contribution in [0.5, 0.6) is 0 Å². The molecular weight excluding hydrogens is 285 g/mol. The van der Waals surface area contributed by atoms with Crippen molar-refractivity contribution in [1.29, 1.82) is 0 Å². The van der Waals surface area contributed by atoms with Crippen molar-refractivity contribution >= 4 is 17.6 Å². The van der Waals surface area contributed by atoms with Crippen molar-refractivity contribution in [2.75, 3.05) is 11.9 Å². The lowest BCUT2D eigenvalue weighted by molar-refractivity contribution is 0.0505. The molecule has 2 aromatic carbocycles. The normalized spacial score (nSPS) is 10.1. The summed E-state index contributed by atoms with van der Waals surface area (Å²) in [4.78, 5) is 23.6. The summed E-state index contributed by atoms with van der Waals surface area (Å²) in [5.74, 6) is -1.13. The molecule has 114 valence electrons. The molecule has 0 aliphatic carbocycles. The van der Waals surface area contributed by atoms with E-state index in [2.05, 4.69) is 5.32 Å². The van der Waals surface area contributed by atoms with E-state index in [0.717, 1.165) is 6.42 Å². The van der Waals surface area contributed by atoms with Crippen molar-refractivity contribution in [1.82, 2.24) is 0 Å². The van der Waals surface area contributed by atoms with Crippen LogP contribution in [-0.4, -0.2) is 18.5 Å². The van der Waals surface area contributed by atoms with Crippen molar-refractivity contribution in [3.8, 4) is 0 Å². The van der Waals surface area contributed by atoms with E-state index in [4.69, 9.17) is 4.74 Å². The molecule has 0 bridgehead atoms. The molecule has 0 aliphatic rings. The third-order valence-corrected chi connectivity index (χ3v) is 2.92. The van der Waals surface area contributed by atoms with Crippen LogP contribution < -0.4 is 5.32 Å². The predicted molar refractivity (Wildman–Crippen MR) is 81.4 cm³/mol. The molecule has 0 spiro atoms. The van der Waals surface area contributed by atoms with Crippen LogP contribution in [0.2, 0.25) is 0 Å². The number of rotatable bonds is 5. The third kappa shape index (κ3) is 4.15. The maximum Gasteiger partial charge on any atom is 0.338 e. The van der Waals surface area contributed by atoms with Crippen LogP contribution in [-0.2, 0) is 4.74 Å². The molecule has 1 N–H and O–H groups in total. The van der Waals surface area contributed by atoms with E-state index in [1.807, 2.05) is 6.92 Å². The summed E-state index contributed by atoms with van der Waals surface area (Å²) in [7, 11) is 0. The molecule has 0 saturated carbocycles. The Morgan fingerprint density at radius 3 is 2.18 bits per heavy atom. The van der Waals surface area contributed by atoms with Gasteiger partial charge in [0.15, 0.2) is 0 Å². The molecule has 0 atom stereocenters. The Kier molecular flexibility index (Phi) is 5.25. The quantitative estimate of drug-likeness (QED) is 0.858. The van der Waals surface area contributed by atoms with E-state index in [9.17, 15) is 14.0 Å². The molecule has 0 aromatic heterocycles. The first-order chi connectivity index (χ1) is 10.6. The number of ether oxygens (including phenoxy) is 1. The minimum absolute atomic E-state index is 0.346. The van der Waals surface area contributed by atoms with E-state index in [0.29, 0.717) is 23.4 Å². The van der Waals surface area contributed by atoms with Gasteiger partial charge in [-0.25, -0.2) is 9.18 Å². The largest absolute Gasteiger partial charge is 0.462 e. The Bertz CT molecular complexity index is 651. The van der Waals surface area contributed by atoms with Crippen LogP contribution in [0.1, 0.15) is 34.1 Å². The summed E-state index contributed by atoms with van der Waals surface area (Å²) in [5.41, 5.74) is 1.32. The fourth-order valence-electron chi connectivity index (χ4n) is 1.77. The molecule has 2 rings (SSSR count). The molecule has 0 fully saturated rings. The summed E-state index contributed by atoms with van der Waals surface area (Å²) in [6.45, 7) is 2.29. The average Bonchev–Trinajstić information content (AvgIpc) is 2.54. The van der Waals surface area contributed by atoms with Gasteiger partial charge in [-0.2, -0.15) is 0 Å². The number of hydrogen-bond donors (Lipinski definition) is 1. The standard InChI is InChI=1S/C17H16FNO3/c1-2-11-22-17(21)13-5-9-15(10-6-13)19-16(20)12-3-7-14(18)8-4-12/h3-10H,2,11H2,1H3,(H,19,20). The minimum Gasteiger partial charge on any atom is -0.462 e. The molecule has 4 nitrogen and oxygen atoms in total. The Labute approximate surface area is 127 Å². The van der Waals surface area contributed by atoms with E-state index in [-0.39, 0.29) is 5.91 Å². The van der Waals surface area contributed by atoms with Crippen LogP contribution in [0.4, 0.5) is 10.1 Å². The first-order valence-electron chi connectivity index (χ1n) is 6.94. The molecule has 0 radical (unpaired) electrons. The molecule has 2 aromatic rings. The van der Waals surface area contributed by atoms with E-state index >= 15 is 0 Å². The Morgan fingerprint density at radius 2 is 1.59 bits per heavy atom. The second kappa shape index (κ2) is 7.36. The van der Waals surface area contributed by atoms with Gasteiger partial charge in [0.05, 0.1) is 12.2 Å². The average molecular weight is 301 g/mol. The van der Waals surface area contributed by atoms with Gasteiger partial charge < -0.3 is 10.1 Å². The lowest BCUT2D eigenvalue weighted by Crippen LogP contribution is -2.12. The summed E-state index contributed by atoms with van der Waals surface area (Å²) in [5, 5.41) is 2.67. The summed E-state index contributed by atoms with van der Waals surface area (Å²) >= 11 is 0. The third-order valence-electron chi connectivity index (χ3n) is 2.92. The van der Waals surface area contributed by atoms with Crippen LogP contribution >= 0.6 is 0 Å². The SMILES string of the molecule is CCCOC(=O)c1ccc(NC(=O)c2ccc(F)cc2)cc1. The summed E-state index contributed by atoms with van der Waals surface area (Å²) in [6.07, 6.45) is 0.761. The highest BCUT2D eigenvalue weighted by Crippen LogP contribution is 2.13. The Hall–Kier alpha value is -2.69. The van der Waals surface area contributed by atoms with Crippen LogP contribution in [0.15, 0.2) is 48.5 Å². The number of benzene rings is 2. The van der Waals surface area contributed by atoms with Gasteiger partial charge in [-0.3, -0.25) is 4.79 Å². The summed E-state index contributed by atoms with van der Waals surface area (Å²) < 4.78 is 17.8. The number of halogens is 1. The molecule has 0 saturated heterocycles. The van der Waals surface area contributed by atoms with Gasteiger partial charge in [0.1, 0.15) is 5.82 Å². The number of carbonyl (C=O) groups is 2. The number of anilines is 1. The van der Waals surface area contributed by atoms with Crippen molar-refractivity contribution < 1.29 is 18.7 Å². The minimum atomic E-state index is -0.397. The van der Waals surface area contributed by atoms with Crippen molar-refractivity contribution in [2.45, 2.75) is 13.3 Å². The van der Waals surface area contributed by atoms with Gasteiger partial charge in [-0.15, -0.1) is 0 Å². The fourth-order valence-corrected chi connectivity index (χ4v) is 1.77. The van der Waals surface area contributed by atoms with Gasteiger partial charge in [0.2, 0.25) is 0 Å². The number of esters is 1. The van der Waals surface area contributed by atoms with Gasteiger partial charge in [0.25, 0.3) is 5.91 Å². The highest BCUT2D eigenvalue weighted by molar-refractivity contribution is 6.04. The van der Waals surface area contributed by atoms with Gasteiger partial charge in [0, 0.05) is 11.3 Å². The maximum absolute atomic E-state index is 12.8. The zero-order valence-corrected chi connectivity index (χ0v) is 12.1. The second-order valence-corrected chi connectivity index (χ2v) is 4.67. The first-order valence-corrected chi connectivity index (χ1v) is 6.94. The Balaban J connectivity index is 2.00. The van der Waals surface area contributed by atoms with Crippen molar-refractivity contribution in [3.05, 3.63) is 65.5 Å². The van der Waals surface area contributed by atoms with E-state index in [1.54, 1.807) is 24.3 Å². The van der Waals surface area contributed by atoms with Gasteiger partial charge in [-0.05, 0) is 55.0 Å². The number of nitrogens with one attached hydrogen (secondary N) is 1. The lowest BCUT2D eigenvalue weighted by atomic mass is 10.2.